The minimum absolute atomic E-state index is 0.473. The van der Waals surface area contributed by atoms with Gasteiger partial charge < -0.3 is 4.90 Å². The molecule has 1 saturated heterocycles. The number of aromatic amines is 1. The fourth-order valence-corrected chi connectivity index (χ4v) is 3.14. The van der Waals surface area contributed by atoms with Crippen molar-refractivity contribution in [3.8, 4) is 5.69 Å². The molecule has 0 spiro atoms. The first kappa shape index (κ1) is 14.3. The highest BCUT2D eigenvalue weighted by atomic mass is 32.1. The number of aromatic nitrogens is 3. The Kier molecular flexibility index (Phi) is 3.85. The van der Waals surface area contributed by atoms with Gasteiger partial charge in [0.05, 0.1) is 5.69 Å². The van der Waals surface area contributed by atoms with Gasteiger partial charge >= 0.3 is 0 Å². The Labute approximate surface area is 130 Å². The Morgan fingerprint density at radius 2 is 1.90 bits per heavy atom. The molecule has 5 heteroatoms. The number of hydrogen-bond donors (Lipinski definition) is 1. The molecule has 0 aliphatic carbocycles. The van der Waals surface area contributed by atoms with Gasteiger partial charge in [-0.25, -0.2) is 5.10 Å². The van der Waals surface area contributed by atoms with Crippen molar-refractivity contribution in [3.05, 3.63) is 35.1 Å². The molecule has 112 valence electrons. The number of H-pyrrole nitrogens is 1. The first-order valence-electron chi connectivity index (χ1n) is 7.61. The zero-order valence-electron chi connectivity index (χ0n) is 12.7. The molecule has 0 saturated carbocycles. The summed E-state index contributed by atoms with van der Waals surface area (Å²) in [7, 11) is 0. The van der Waals surface area contributed by atoms with Crippen LogP contribution in [0.1, 0.15) is 33.1 Å². The van der Waals surface area contributed by atoms with Crippen LogP contribution >= 0.6 is 12.2 Å². The molecule has 0 atom stereocenters. The van der Waals surface area contributed by atoms with E-state index in [0.29, 0.717) is 10.2 Å². The van der Waals surface area contributed by atoms with Gasteiger partial charge in [-0.3, -0.25) is 4.57 Å². The number of rotatable bonds is 3. The van der Waals surface area contributed by atoms with Crippen molar-refractivity contribution in [1.82, 2.24) is 14.8 Å². The lowest BCUT2D eigenvalue weighted by molar-refractivity contribution is 0.237. The summed E-state index contributed by atoms with van der Waals surface area (Å²) >= 11 is 5.41. The van der Waals surface area contributed by atoms with E-state index in [-0.39, 0.29) is 0 Å². The summed E-state index contributed by atoms with van der Waals surface area (Å²) in [5.41, 5.74) is 1.54. The van der Waals surface area contributed by atoms with Gasteiger partial charge in [-0.05, 0) is 42.6 Å². The molecule has 1 aromatic carbocycles. The van der Waals surface area contributed by atoms with Crippen LogP contribution in [0.3, 0.4) is 0 Å². The van der Waals surface area contributed by atoms with Crippen molar-refractivity contribution in [3.63, 3.8) is 0 Å². The van der Waals surface area contributed by atoms with E-state index in [1.165, 1.54) is 19.3 Å². The first-order valence-corrected chi connectivity index (χ1v) is 8.01. The Hall–Kier alpha value is -1.62. The molecule has 1 N–H and O–H groups in total. The highest BCUT2D eigenvalue weighted by Gasteiger charge is 2.30. The maximum Gasteiger partial charge on any atom is 0.230 e. The van der Waals surface area contributed by atoms with Crippen molar-refractivity contribution in [2.24, 2.45) is 5.41 Å². The molecule has 4 nitrogen and oxygen atoms in total. The predicted octanol–water partition coefficient (Wildman–Crippen LogP) is 3.95. The summed E-state index contributed by atoms with van der Waals surface area (Å²) in [6, 6.07) is 10.2. The van der Waals surface area contributed by atoms with E-state index >= 15 is 0 Å². The third kappa shape index (κ3) is 2.75. The van der Waals surface area contributed by atoms with Crippen molar-refractivity contribution < 1.29 is 0 Å². The zero-order chi connectivity index (χ0) is 14.9. The van der Waals surface area contributed by atoms with Crippen LogP contribution in [0.25, 0.3) is 5.69 Å². The second-order valence-corrected chi connectivity index (χ2v) is 6.54. The smallest absolute Gasteiger partial charge is 0.230 e. The number of nitrogens with zero attached hydrogens (tertiary/aromatic N) is 3. The van der Waals surface area contributed by atoms with E-state index in [4.69, 9.17) is 12.2 Å². The first-order chi connectivity index (χ1) is 10.1. The van der Waals surface area contributed by atoms with Gasteiger partial charge in [-0.2, -0.15) is 0 Å². The van der Waals surface area contributed by atoms with Crippen molar-refractivity contribution >= 4 is 18.2 Å². The lowest BCUT2D eigenvalue weighted by Gasteiger charge is -2.39. The SMILES string of the molecule is CCC1(C)CCN(c2n[nH]c(=S)n2-c2ccccc2)CC1. The van der Waals surface area contributed by atoms with Crippen molar-refractivity contribution in [2.75, 3.05) is 18.0 Å². The van der Waals surface area contributed by atoms with Gasteiger partial charge in [0.2, 0.25) is 10.7 Å². The molecule has 2 heterocycles. The summed E-state index contributed by atoms with van der Waals surface area (Å²) < 4.78 is 2.68. The molecule has 1 aromatic heterocycles. The van der Waals surface area contributed by atoms with E-state index in [9.17, 15) is 0 Å². The maximum absolute atomic E-state index is 5.41. The normalized spacial score (nSPS) is 17.9. The third-order valence-electron chi connectivity index (χ3n) is 4.78. The van der Waals surface area contributed by atoms with E-state index in [1.54, 1.807) is 0 Å². The molecule has 0 bridgehead atoms. The van der Waals surface area contributed by atoms with E-state index in [0.717, 1.165) is 24.7 Å². The molecule has 0 amide bonds. The lowest BCUT2D eigenvalue weighted by atomic mass is 9.78. The highest BCUT2D eigenvalue weighted by Crippen LogP contribution is 2.35. The van der Waals surface area contributed by atoms with Crippen LogP contribution in [0.2, 0.25) is 0 Å². The molecule has 1 aliphatic rings. The van der Waals surface area contributed by atoms with Crippen LogP contribution < -0.4 is 4.90 Å². The molecule has 0 unspecified atom stereocenters. The minimum atomic E-state index is 0.473. The average molecular weight is 302 g/mol. The zero-order valence-corrected chi connectivity index (χ0v) is 13.5. The minimum Gasteiger partial charge on any atom is -0.341 e. The lowest BCUT2D eigenvalue weighted by Crippen LogP contribution is -2.39. The molecule has 21 heavy (non-hydrogen) atoms. The van der Waals surface area contributed by atoms with E-state index in [2.05, 4.69) is 41.1 Å². The van der Waals surface area contributed by atoms with Gasteiger partial charge in [0.25, 0.3) is 0 Å². The molecule has 3 rings (SSSR count). The van der Waals surface area contributed by atoms with Crippen LogP contribution in [0.5, 0.6) is 0 Å². The van der Waals surface area contributed by atoms with Crippen molar-refractivity contribution in [1.29, 1.82) is 0 Å². The molecular weight excluding hydrogens is 280 g/mol. The van der Waals surface area contributed by atoms with E-state index in [1.807, 2.05) is 22.8 Å². The van der Waals surface area contributed by atoms with Gasteiger partial charge in [0.15, 0.2) is 0 Å². The summed E-state index contributed by atoms with van der Waals surface area (Å²) in [6.45, 7) is 6.75. The Balaban J connectivity index is 1.90. The number of piperidine rings is 1. The third-order valence-corrected chi connectivity index (χ3v) is 5.05. The number of para-hydroxylation sites is 1. The van der Waals surface area contributed by atoms with Crippen LogP contribution in [-0.4, -0.2) is 27.9 Å². The van der Waals surface area contributed by atoms with Gasteiger partial charge in [-0.1, -0.05) is 38.5 Å². The largest absolute Gasteiger partial charge is 0.341 e. The fourth-order valence-electron chi connectivity index (χ4n) is 2.91. The Morgan fingerprint density at radius 3 is 2.52 bits per heavy atom. The fraction of sp³-hybridized carbons (Fsp3) is 0.500. The summed E-state index contributed by atoms with van der Waals surface area (Å²) in [5, 5.41) is 7.40. The maximum atomic E-state index is 5.41. The van der Waals surface area contributed by atoms with Gasteiger partial charge in [0, 0.05) is 13.1 Å². The predicted molar refractivity (Wildman–Crippen MR) is 88.6 cm³/mol. The second-order valence-electron chi connectivity index (χ2n) is 6.15. The molecule has 1 aliphatic heterocycles. The topological polar surface area (TPSA) is 36.9 Å². The monoisotopic (exact) mass is 302 g/mol. The highest BCUT2D eigenvalue weighted by molar-refractivity contribution is 7.71. The summed E-state index contributed by atoms with van der Waals surface area (Å²) in [4.78, 5) is 2.34. The Bertz CT molecular complexity index is 650. The molecule has 2 aromatic rings. The molecule has 1 fully saturated rings. The number of benzene rings is 1. The Morgan fingerprint density at radius 1 is 1.24 bits per heavy atom. The van der Waals surface area contributed by atoms with Crippen LogP contribution in [0.15, 0.2) is 30.3 Å². The van der Waals surface area contributed by atoms with Crippen molar-refractivity contribution in [2.45, 2.75) is 33.1 Å². The van der Waals surface area contributed by atoms with Gasteiger partial charge in [0.1, 0.15) is 0 Å². The summed E-state index contributed by atoms with van der Waals surface area (Å²) in [6.07, 6.45) is 3.65. The standard InChI is InChI=1S/C16H22N4S/c1-3-16(2)9-11-19(12-10-16)14-17-18-15(21)20(14)13-7-5-4-6-8-13/h4-8H,3,9-12H2,1-2H3,(H,18,21). The average Bonchev–Trinajstić information content (AvgIpc) is 2.91. The van der Waals surface area contributed by atoms with Gasteiger partial charge in [-0.15, -0.1) is 5.10 Å². The van der Waals surface area contributed by atoms with E-state index < -0.39 is 0 Å². The number of anilines is 1. The number of nitrogens with one attached hydrogen (secondary N) is 1. The van der Waals surface area contributed by atoms with Crippen LogP contribution in [-0.2, 0) is 0 Å². The number of hydrogen-bond acceptors (Lipinski definition) is 3. The quantitative estimate of drug-likeness (QED) is 0.872. The second kappa shape index (κ2) is 5.64. The van der Waals surface area contributed by atoms with Crippen LogP contribution in [0.4, 0.5) is 5.95 Å². The summed E-state index contributed by atoms with van der Waals surface area (Å²) in [5.74, 6) is 0.935. The van der Waals surface area contributed by atoms with Crippen LogP contribution in [0, 0.1) is 10.2 Å². The molecular formula is C16H22N4S. The molecule has 0 radical (unpaired) electrons.